The predicted octanol–water partition coefficient (Wildman–Crippen LogP) is 2.16. The van der Waals surface area contributed by atoms with Crippen molar-refractivity contribution in [3.63, 3.8) is 0 Å². The van der Waals surface area contributed by atoms with Crippen molar-refractivity contribution in [2.75, 3.05) is 14.1 Å². The van der Waals surface area contributed by atoms with Crippen LogP contribution in [0, 0.1) is 13.8 Å². The van der Waals surface area contributed by atoms with Gasteiger partial charge in [-0.3, -0.25) is 0 Å². The molecular weight excluding hydrogens is 348 g/mol. The third-order valence-corrected chi connectivity index (χ3v) is 7.76. The van der Waals surface area contributed by atoms with E-state index in [1.54, 1.807) is 24.3 Å². The molecule has 0 atom stereocenters. The number of hydrogen-bond donors (Lipinski definition) is 0. The summed E-state index contributed by atoms with van der Waals surface area (Å²) in [5.41, 5.74) is 1.76. The van der Waals surface area contributed by atoms with Crippen LogP contribution in [0.2, 0.25) is 0 Å². The Kier molecular flexibility index (Phi) is 5.14. The summed E-state index contributed by atoms with van der Waals surface area (Å²) in [5, 5.41) is 1.05. The van der Waals surface area contributed by atoms with Crippen molar-refractivity contribution in [2.45, 2.75) is 23.6 Å². The molecule has 0 saturated carbocycles. The summed E-state index contributed by atoms with van der Waals surface area (Å²) in [7, 11) is -5.78. The molecule has 6 nitrogen and oxygen atoms in total. The molecule has 8 heteroatoms. The molecule has 0 aromatic heterocycles. The molecule has 0 N–H and O–H groups in total. The van der Waals surface area contributed by atoms with Gasteiger partial charge in [-0.05, 0) is 41.9 Å². The molecule has 0 fully saturated rings. The van der Waals surface area contributed by atoms with Gasteiger partial charge in [-0.25, -0.2) is 21.8 Å². The van der Waals surface area contributed by atoms with Crippen molar-refractivity contribution in [1.29, 1.82) is 0 Å². The zero-order valence-electron chi connectivity index (χ0n) is 14.0. The quantitative estimate of drug-likeness (QED) is 0.756. The number of sulfonamides is 2. The van der Waals surface area contributed by atoms with Crippen molar-refractivity contribution >= 4 is 20.0 Å². The number of aryl methyl sites for hydroxylation is 2. The first-order valence-electron chi connectivity index (χ1n) is 7.18. The van der Waals surface area contributed by atoms with Gasteiger partial charge in [0.1, 0.15) is 0 Å². The monoisotopic (exact) mass is 368 g/mol. The van der Waals surface area contributed by atoms with E-state index in [2.05, 4.69) is 0 Å². The topological polar surface area (TPSA) is 74.8 Å². The molecule has 0 unspecified atom stereocenters. The van der Waals surface area contributed by atoms with E-state index in [0.29, 0.717) is 3.82 Å². The molecule has 0 aliphatic heterocycles. The summed E-state index contributed by atoms with van der Waals surface area (Å²) >= 11 is 0. The maximum absolute atomic E-state index is 12.9. The minimum atomic E-state index is -4.26. The van der Waals surface area contributed by atoms with E-state index in [0.717, 1.165) is 16.1 Å². The number of hydrazine groups is 1. The molecule has 0 heterocycles. The highest BCUT2D eigenvalue weighted by molar-refractivity contribution is 8.04. The summed E-state index contributed by atoms with van der Waals surface area (Å²) in [5.74, 6) is 0. The van der Waals surface area contributed by atoms with Crippen molar-refractivity contribution in [1.82, 2.24) is 8.83 Å². The summed E-state index contributed by atoms with van der Waals surface area (Å²) < 4.78 is 51.9. The lowest BCUT2D eigenvalue weighted by Gasteiger charge is -2.27. The molecule has 2 rings (SSSR count). The van der Waals surface area contributed by atoms with Gasteiger partial charge in [-0.2, -0.15) is 0 Å². The Labute approximate surface area is 143 Å². The molecule has 0 saturated heterocycles. The average molecular weight is 368 g/mol. The van der Waals surface area contributed by atoms with Crippen molar-refractivity contribution in [3.05, 3.63) is 59.7 Å². The van der Waals surface area contributed by atoms with Crippen LogP contribution in [0.25, 0.3) is 0 Å². The molecule has 0 amide bonds. The van der Waals surface area contributed by atoms with E-state index < -0.39 is 20.0 Å². The zero-order valence-corrected chi connectivity index (χ0v) is 15.6. The highest BCUT2D eigenvalue weighted by Gasteiger charge is 2.38. The fraction of sp³-hybridized carbons (Fsp3) is 0.250. The second-order valence-corrected chi connectivity index (χ2v) is 9.43. The third kappa shape index (κ3) is 3.51. The first-order valence-corrected chi connectivity index (χ1v) is 10.1. The summed E-state index contributed by atoms with van der Waals surface area (Å²) in [6, 6.07) is 12.1. The Hall–Kier alpha value is -1.74. The number of nitrogens with zero attached hydrogens (tertiary/aromatic N) is 2. The molecule has 24 heavy (non-hydrogen) atoms. The molecular formula is C16H20N2O4S2. The van der Waals surface area contributed by atoms with Crippen LogP contribution in [0.5, 0.6) is 0 Å². The maximum atomic E-state index is 12.9. The van der Waals surface area contributed by atoms with Gasteiger partial charge < -0.3 is 0 Å². The minimum Gasteiger partial charge on any atom is -0.219 e. The predicted molar refractivity (Wildman–Crippen MR) is 92.3 cm³/mol. The number of hydrogen-bond acceptors (Lipinski definition) is 5. The van der Waals surface area contributed by atoms with Crippen molar-refractivity contribution < 1.29 is 16.8 Å². The van der Waals surface area contributed by atoms with E-state index in [1.807, 2.05) is 13.8 Å². The molecule has 0 aliphatic rings. The maximum Gasteiger partial charge on any atom is 0.269 e. The lowest BCUT2D eigenvalue weighted by atomic mass is 10.2. The molecule has 0 aliphatic carbocycles. The van der Waals surface area contributed by atoms with Crippen molar-refractivity contribution in [2.24, 2.45) is 0 Å². The Morgan fingerprint density at radius 3 is 1.17 bits per heavy atom. The van der Waals surface area contributed by atoms with E-state index >= 15 is 0 Å². The van der Waals surface area contributed by atoms with Crippen LogP contribution in [0.3, 0.4) is 0 Å². The molecule has 2 aromatic rings. The van der Waals surface area contributed by atoms with Crippen LogP contribution in [0.15, 0.2) is 58.3 Å². The van der Waals surface area contributed by atoms with Gasteiger partial charge in [-0.1, -0.05) is 35.4 Å². The van der Waals surface area contributed by atoms with Gasteiger partial charge in [0.15, 0.2) is 0 Å². The van der Waals surface area contributed by atoms with Gasteiger partial charge >= 0.3 is 0 Å². The summed E-state index contributed by atoms with van der Waals surface area (Å²) in [4.78, 5) is -0.171. The lowest BCUT2D eigenvalue weighted by molar-refractivity contribution is 0.222. The zero-order chi connectivity index (χ0) is 18.1. The Balaban J connectivity index is 2.60. The van der Waals surface area contributed by atoms with Gasteiger partial charge in [0.25, 0.3) is 20.0 Å². The van der Waals surface area contributed by atoms with Gasteiger partial charge in [0, 0.05) is 14.1 Å². The highest BCUT2D eigenvalue weighted by Crippen LogP contribution is 2.25. The number of rotatable bonds is 5. The Morgan fingerprint density at radius 2 is 0.917 bits per heavy atom. The first-order chi connectivity index (χ1) is 11.1. The summed E-state index contributed by atoms with van der Waals surface area (Å²) in [6.45, 7) is 3.65. The second kappa shape index (κ2) is 6.64. The molecule has 0 bridgehead atoms. The van der Waals surface area contributed by atoms with Crippen LogP contribution < -0.4 is 0 Å². The lowest BCUT2D eigenvalue weighted by Crippen LogP contribution is -2.45. The van der Waals surface area contributed by atoms with E-state index in [1.165, 1.54) is 38.4 Å². The van der Waals surface area contributed by atoms with Gasteiger partial charge in [0.05, 0.1) is 9.79 Å². The number of benzene rings is 2. The largest absolute Gasteiger partial charge is 0.269 e. The third-order valence-electron chi connectivity index (χ3n) is 3.38. The second-order valence-electron chi connectivity index (χ2n) is 5.66. The van der Waals surface area contributed by atoms with Crippen LogP contribution >= 0.6 is 0 Å². The molecule has 130 valence electrons. The fourth-order valence-electron chi connectivity index (χ4n) is 2.16. The van der Waals surface area contributed by atoms with E-state index in [4.69, 9.17) is 0 Å². The average Bonchev–Trinajstić information content (AvgIpc) is 2.47. The minimum absolute atomic E-state index is 0.0857. The van der Waals surface area contributed by atoms with Gasteiger partial charge in [0.2, 0.25) is 0 Å². The standard InChI is InChI=1S/C16H20N2O4S2/c1-13-5-9-15(10-6-13)23(19,20)18(17(3)4)24(21,22)16-11-7-14(2)8-12-16/h5-12H,1-4H3. The van der Waals surface area contributed by atoms with E-state index in [-0.39, 0.29) is 9.79 Å². The fourth-order valence-corrected chi connectivity index (χ4v) is 5.89. The van der Waals surface area contributed by atoms with Gasteiger partial charge in [-0.15, -0.1) is 0 Å². The molecule has 0 spiro atoms. The van der Waals surface area contributed by atoms with Crippen molar-refractivity contribution in [3.8, 4) is 0 Å². The van der Waals surface area contributed by atoms with Crippen LogP contribution in [0.4, 0.5) is 0 Å². The van der Waals surface area contributed by atoms with E-state index in [9.17, 15) is 16.8 Å². The highest BCUT2D eigenvalue weighted by atomic mass is 32.3. The van der Waals surface area contributed by atoms with Crippen LogP contribution in [-0.2, 0) is 20.0 Å². The van der Waals surface area contributed by atoms with Crippen LogP contribution in [0.1, 0.15) is 11.1 Å². The smallest absolute Gasteiger partial charge is 0.219 e. The first kappa shape index (κ1) is 18.6. The Bertz CT molecular complexity index is 842. The normalized spacial score (nSPS) is 12.8. The Morgan fingerprint density at radius 1 is 0.625 bits per heavy atom. The summed E-state index contributed by atoms with van der Waals surface area (Å²) in [6.07, 6.45) is 0. The van der Waals surface area contributed by atoms with Crippen LogP contribution in [-0.4, -0.2) is 39.8 Å². The SMILES string of the molecule is Cc1ccc(S(=O)(=O)N(N(C)C)S(=O)(=O)c2ccc(C)cc2)cc1. The molecule has 2 aromatic carbocycles. The molecule has 0 radical (unpaired) electrons.